The predicted molar refractivity (Wildman–Crippen MR) is 106 cm³/mol. The van der Waals surface area contributed by atoms with Gasteiger partial charge in [0, 0.05) is 12.6 Å². The van der Waals surface area contributed by atoms with Crippen LogP contribution in [0.1, 0.15) is 75.3 Å². The Hall–Kier alpha value is -2.18. The summed E-state index contributed by atoms with van der Waals surface area (Å²) in [5.74, 6) is 0.600. The molecule has 1 spiro atoms. The maximum atomic E-state index is 11.5. The van der Waals surface area contributed by atoms with Crippen molar-refractivity contribution in [1.29, 1.82) is 0 Å². The van der Waals surface area contributed by atoms with Crippen molar-refractivity contribution in [3.05, 3.63) is 12.2 Å². The molecule has 3 aliphatic carbocycles. The van der Waals surface area contributed by atoms with Crippen molar-refractivity contribution >= 4 is 23.0 Å². The van der Waals surface area contributed by atoms with Gasteiger partial charge in [0.05, 0.1) is 6.33 Å². The first-order chi connectivity index (χ1) is 13.5. The number of aromatic nitrogens is 4. The second kappa shape index (κ2) is 6.71. The molecule has 7 heteroatoms. The minimum atomic E-state index is -1.11. The molecule has 0 unspecified atom stereocenters. The molecule has 5 rings (SSSR count). The Morgan fingerprint density at radius 1 is 1.25 bits per heavy atom. The molecule has 0 aromatic carbocycles. The standard InChI is InChI=1S/C21H29N5O2/c1-13(15-3-2-4-15)23-18-16-17(24-19(25-18)20(27)28)22-12-26(16)11-14-5-7-21(8-6-14)9-10-21/h12-15H,2-11H2,1H3,(H,27,28)(H,23,24,25)/t13-/m1/s1. The lowest BCUT2D eigenvalue weighted by molar-refractivity contribution is 0.0684. The van der Waals surface area contributed by atoms with Gasteiger partial charge in [-0.1, -0.05) is 6.42 Å². The van der Waals surface area contributed by atoms with Crippen LogP contribution < -0.4 is 5.32 Å². The van der Waals surface area contributed by atoms with Gasteiger partial charge in [0.1, 0.15) is 5.52 Å². The Morgan fingerprint density at radius 2 is 2.00 bits per heavy atom. The van der Waals surface area contributed by atoms with Crippen molar-refractivity contribution in [3.8, 4) is 0 Å². The molecule has 1 atom stereocenters. The summed E-state index contributed by atoms with van der Waals surface area (Å²) < 4.78 is 2.15. The summed E-state index contributed by atoms with van der Waals surface area (Å²) in [7, 11) is 0. The first-order valence-corrected chi connectivity index (χ1v) is 10.8. The first-order valence-electron chi connectivity index (χ1n) is 10.8. The maximum absolute atomic E-state index is 11.5. The van der Waals surface area contributed by atoms with Crippen LogP contribution in [0.25, 0.3) is 11.2 Å². The minimum absolute atomic E-state index is 0.186. The summed E-state index contributed by atoms with van der Waals surface area (Å²) in [6, 6.07) is 0.265. The summed E-state index contributed by atoms with van der Waals surface area (Å²) in [5.41, 5.74) is 2.02. The van der Waals surface area contributed by atoms with E-state index in [9.17, 15) is 9.90 Å². The van der Waals surface area contributed by atoms with Crippen molar-refractivity contribution in [1.82, 2.24) is 19.5 Å². The Balaban J connectivity index is 1.43. The van der Waals surface area contributed by atoms with Crippen molar-refractivity contribution in [3.63, 3.8) is 0 Å². The molecule has 0 amide bonds. The molecule has 3 aliphatic rings. The third-order valence-corrected chi connectivity index (χ3v) is 7.46. The summed E-state index contributed by atoms with van der Waals surface area (Å²) in [6.45, 7) is 3.07. The highest BCUT2D eigenvalue weighted by Crippen LogP contribution is 2.57. The molecule has 0 aliphatic heterocycles. The van der Waals surface area contributed by atoms with E-state index in [1.807, 2.05) is 6.33 Å². The fourth-order valence-corrected chi connectivity index (χ4v) is 5.02. The molecule has 2 heterocycles. The summed E-state index contributed by atoms with van der Waals surface area (Å²) >= 11 is 0. The number of carboxylic acids is 1. The molecular weight excluding hydrogens is 354 g/mol. The minimum Gasteiger partial charge on any atom is -0.475 e. The number of aromatic carboxylic acids is 1. The zero-order chi connectivity index (χ0) is 19.3. The summed E-state index contributed by atoms with van der Waals surface area (Å²) in [6.07, 6.45) is 13.6. The van der Waals surface area contributed by atoms with Crippen LogP contribution in [-0.2, 0) is 6.54 Å². The molecule has 2 aromatic rings. The molecule has 2 aromatic heterocycles. The average molecular weight is 383 g/mol. The van der Waals surface area contributed by atoms with E-state index in [-0.39, 0.29) is 11.9 Å². The smallest absolute Gasteiger partial charge is 0.374 e. The maximum Gasteiger partial charge on any atom is 0.374 e. The zero-order valence-corrected chi connectivity index (χ0v) is 16.5. The summed E-state index contributed by atoms with van der Waals surface area (Å²) in [5, 5.41) is 12.9. The number of rotatable bonds is 6. The first kappa shape index (κ1) is 17.9. The van der Waals surface area contributed by atoms with Crippen molar-refractivity contribution in [2.75, 3.05) is 5.32 Å². The lowest BCUT2D eigenvalue weighted by atomic mass is 9.80. The van der Waals surface area contributed by atoms with E-state index in [1.165, 1.54) is 57.8 Å². The fourth-order valence-electron chi connectivity index (χ4n) is 5.02. The van der Waals surface area contributed by atoms with Gasteiger partial charge in [-0.15, -0.1) is 0 Å². The second-order valence-electron chi connectivity index (χ2n) is 9.34. The highest BCUT2D eigenvalue weighted by atomic mass is 16.4. The number of imidazole rings is 1. The van der Waals surface area contributed by atoms with E-state index >= 15 is 0 Å². The monoisotopic (exact) mass is 383 g/mol. The number of anilines is 1. The highest BCUT2D eigenvalue weighted by Gasteiger charge is 2.44. The lowest BCUT2D eigenvalue weighted by Crippen LogP contribution is -2.31. The third-order valence-electron chi connectivity index (χ3n) is 7.46. The normalized spacial score (nSPS) is 22.9. The van der Waals surface area contributed by atoms with Gasteiger partial charge in [0.15, 0.2) is 11.5 Å². The van der Waals surface area contributed by atoms with Gasteiger partial charge in [-0.2, -0.15) is 0 Å². The molecule has 0 bridgehead atoms. The van der Waals surface area contributed by atoms with Crippen LogP contribution in [0.2, 0.25) is 0 Å². The van der Waals surface area contributed by atoms with E-state index in [4.69, 9.17) is 0 Å². The average Bonchev–Trinajstić information content (AvgIpc) is 3.25. The van der Waals surface area contributed by atoms with Gasteiger partial charge in [0.2, 0.25) is 5.82 Å². The Bertz CT molecular complexity index is 890. The van der Waals surface area contributed by atoms with Crippen LogP contribution in [0.4, 0.5) is 5.82 Å². The molecule has 28 heavy (non-hydrogen) atoms. The van der Waals surface area contributed by atoms with E-state index in [0.717, 1.165) is 12.1 Å². The van der Waals surface area contributed by atoms with Crippen LogP contribution in [0, 0.1) is 17.3 Å². The third kappa shape index (κ3) is 3.25. The number of carbonyl (C=O) groups is 1. The van der Waals surface area contributed by atoms with Crippen molar-refractivity contribution in [2.24, 2.45) is 17.3 Å². The molecule has 2 N–H and O–H groups in total. The van der Waals surface area contributed by atoms with Gasteiger partial charge in [-0.3, -0.25) is 0 Å². The number of nitrogens with zero attached hydrogens (tertiary/aromatic N) is 4. The van der Waals surface area contributed by atoms with Crippen molar-refractivity contribution in [2.45, 2.75) is 77.3 Å². The van der Waals surface area contributed by atoms with Gasteiger partial charge >= 0.3 is 5.97 Å². The number of hydrogen-bond donors (Lipinski definition) is 2. The van der Waals surface area contributed by atoms with Gasteiger partial charge in [0.25, 0.3) is 0 Å². The van der Waals surface area contributed by atoms with Gasteiger partial charge in [-0.25, -0.2) is 19.7 Å². The topological polar surface area (TPSA) is 92.9 Å². The van der Waals surface area contributed by atoms with E-state index < -0.39 is 5.97 Å². The number of nitrogens with one attached hydrogen (secondary N) is 1. The lowest BCUT2D eigenvalue weighted by Gasteiger charge is -2.32. The molecule has 7 nitrogen and oxygen atoms in total. The second-order valence-corrected chi connectivity index (χ2v) is 9.34. The van der Waals surface area contributed by atoms with Gasteiger partial charge < -0.3 is 15.0 Å². The number of hydrogen-bond acceptors (Lipinski definition) is 5. The quantitative estimate of drug-likeness (QED) is 0.780. The van der Waals surface area contributed by atoms with Crippen LogP contribution in [0.3, 0.4) is 0 Å². The molecule has 0 saturated heterocycles. The Morgan fingerprint density at radius 3 is 2.61 bits per heavy atom. The van der Waals surface area contributed by atoms with Crippen LogP contribution in [0.5, 0.6) is 0 Å². The zero-order valence-electron chi connectivity index (χ0n) is 16.5. The number of fused-ring (bicyclic) bond motifs is 1. The largest absolute Gasteiger partial charge is 0.475 e. The fraction of sp³-hybridized carbons (Fsp3) is 0.714. The number of carboxylic acid groups (broad SMARTS) is 1. The SMILES string of the molecule is C[C@@H](Nc1nc(C(=O)O)nc2ncn(CC3CCC4(CC3)CC4)c12)C1CCC1. The molecule has 3 fully saturated rings. The molecule has 0 radical (unpaired) electrons. The molecule has 150 valence electrons. The predicted octanol–water partition coefficient (Wildman–Crippen LogP) is 4.10. The van der Waals surface area contributed by atoms with Crippen LogP contribution in [0.15, 0.2) is 6.33 Å². The van der Waals surface area contributed by atoms with Gasteiger partial charge in [-0.05, 0) is 75.5 Å². The summed E-state index contributed by atoms with van der Waals surface area (Å²) in [4.78, 5) is 24.5. The van der Waals surface area contributed by atoms with E-state index in [1.54, 1.807) is 0 Å². The van der Waals surface area contributed by atoms with E-state index in [0.29, 0.717) is 28.7 Å². The molecule has 3 saturated carbocycles. The Labute approximate surface area is 165 Å². The Kier molecular flexibility index (Phi) is 4.29. The highest BCUT2D eigenvalue weighted by molar-refractivity contribution is 5.90. The van der Waals surface area contributed by atoms with Crippen molar-refractivity contribution < 1.29 is 9.90 Å². The van der Waals surface area contributed by atoms with Crippen LogP contribution in [-0.4, -0.2) is 36.6 Å². The van der Waals surface area contributed by atoms with E-state index in [2.05, 4.69) is 31.8 Å². The van der Waals surface area contributed by atoms with Crippen LogP contribution >= 0.6 is 0 Å². The molecular formula is C21H29N5O2.